The van der Waals surface area contributed by atoms with Gasteiger partial charge < -0.3 is 9.32 Å². The maximum Gasteiger partial charge on any atom is 0.136 e. The molecule has 0 spiro atoms. The molecule has 0 aliphatic carbocycles. The highest BCUT2D eigenvalue weighted by Crippen LogP contribution is 2.34. The zero-order chi connectivity index (χ0) is 13.0. The summed E-state index contributed by atoms with van der Waals surface area (Å²) in [5.74, 6) is 1.15. The normalized spacial score (nSPS) is 11.1. The van der Waals surface area contributed by atoms with Crippen molar-refractivity contribution in [2.75, 3.05) is 18.0 Å². The summed E-state index contributed by atoms with van der Waals surface area (Å²) in [6, 6.07) is 8.37. The number of benzene rings is 1. The number of fused-ring (bicyclic) bond motifs is 1. The van der Waals surface area contributed by atoms with Crippen molar-refractivity contribution in [2.45, 2.75) is 40.0 Å². The van der Waals surface area contributed by atoms with E-state index in [4.69, 9.17) is 4.42 Å². The van der Waals surface area contributed by atoms with Crippen molar-refractivity contribution in [2.24, 2.45) is 0 Å². The van der Waals surface area contributed by atoms with E-state index in [2.05, 4.69) is 43.9 Å². The zero-order valence-electron chi connectivity index (χ0n) is 11.7. The van der Waals surface area contributed by atoms with Crippen LogP contribution in [0.3, 0.4) is 0 Å². The molecule has 0 aliphatic heterocycles. The van der Waals surface area contributed by atoms with Gasteiger partial charge >= 0.3 is 0 Å². The fraction of sp³-hybridized carbons (Fsp3) is 0.500. The van der Waals surface area contributed by atoms with Crippen molar-refractivity contribution in [3.05, 3.63) is 30.0 Å². The Bertz CT molecular complexity index is 497. The Morgan fingerprint density at radius 1 is 1.06 bits per heavy atom. The number of furan rings is 1. The maximum absolute atomic E-state index is 6.04. The van der Waals surface area contributed by atoms with Gasteiger partial charge in [0.2, 0.25) is 0 Å². The van der Waals surface area contributed by atoms with E-state index in [1.807, 2.05) is 6.07 Å². The van der Waals surface area contributed by atoms with E-state index in [-0.39, 0.29) is 0 Å². The zero-order valence-corrected chi connectivity index (χ0v) is 11.7. The van der Waals surface area contributed by atoms with Gasteiger partial charge in [-0.25, -0.2) is 0 Å². The van der Waals surface area contributed by atoms with E-state index in [1.165, 1.54) is 23.9 Å². The lowest BCUT2D eigenvalue weighted by atomic mass is 10.1. The molecule has 0 saturated carbocycles. The molecule has 1 heterocycles. The van der Waals surface area contributed by atoms with E-state index in [9.17, 15) is 0 Å². The highest BCUT2D eigenvalue weighted by Gasteiger charge is 2.17. The standard InChI is InChI=1S/C16H23NO/c1-4-7-11-15-16(17(5-2)6-3)13-10-8-9-12-14(13)18-15/h8-10,12H,4-7,11H2,1-3H3. The Morgan fingerprint density at radius 3 is 2.44 bits per heavy atom. The summed E-state index contributed by atoms with van der Waals surface area (Å²) in [6.07, 6.45) is 3.43. The summed E-state index contributed by atoms with van der Waals surface area (Å²) in [4.78, 5) is 2.40. The van der Waals surface area contributed by atoms with Crippen molar-refractivity contribution in [3.8, 4) is 0 Å². The molecule has 0 amide bonds. The fourth-order valence-electron chi connectivity index (χ4n) is 2.48. The van der Waals surface area contributed by atoms with Gasteiger partial charge in [-0.15, -0.1) is 0 Å². The molecular weight excluding hydrogens is 222 g/mol. The van der Waals surface area contributed by atoms with Gasteiger partial charge in [-0.2, -0.15) is 0 Å². The van der Waals surface area contributed by atoms with Crippen LogP contribution in [0.1, 0.15) is 39.4 Å². The van der Waals surface area contributed by atoms with Crippen LogP contribution >= 0.6 is 0 Å². The summed E-state index contributed by atoms with van der Waals surface area (Å²) >= 11 is 0. The monoisotopic (exact) mass is 245 g/mol. The number of hydrogen-bond acceptors (Lipinski definition) is 2. The molecule has 2 nitrogen and oxygen atoms in total. The van der Waals surface area contributed by atoms with Crippen LogP contribution < -0.4 is 4.90 Å². The van der Waals surface area contributed by atoms with Gasteiger partial charge in [0.05, 0.1) is 5.69 Å². The molecule has 0 saturated heterocycles. The van der Waals surface area contributed by atoms with Gasteiger partial charge in [-0.05, 0) is 32.4 Å². The smallest absolute Gasteiger partial charge is 0.136 e. The van der Waals surface area contributed by atoms with Gasteiger partial charge in [0.15, 0.2) is 0 Å². The number of para-hydroxylation sites is 1. The Balaban J connectivity index is 2.49. The molecule has 1 aromatic carbocycles. The van der Waals surface area contributed by atoms with Crippen molar-refractivity contribution >= 4 is 16.7 Å². The third-order valence-electron chi connectivity index (χ3n) is 3.48. The number of unbranched alkanes of at least 4 members (excludes halogenated alkanes) is 1. The summed E-state index contributed by atoms with van der Waals surface area (Å²) < 4.78 is 6.04. The predicted molar refractivity (Wildman–Crippen MR) is 78.4 cm³/mol. The molecule has 98 valence electrons. The van der Waals surface area contributed by atoms with Gasteiger partial charge in [0.1, 0.15) is 11.3 Å². The molecule has 0 bridgehead atoms. The number of hydrogen-bond donors (Lipinski definition) is 0. The maximum atomic E-state index is 6.04. The molecule has 0 unspecified atom stereocenters. The molecule has 0 atom stereocenters. The molecule has 18 heavy (non-hydrogen) atoms. The molecule has 0 aliphatic rings. The molecule has 2 aromatic rings. The Hall–Kier alpha value is -1.44. The first kappa shape index (κ1) is 13.0. The molecule has 0 radical (unpaired) electrons. The van der Waals surface area contributed by atoms with Crippen LogP contribution in [0.2, 0.25) is 0 Å². The topological polar surface area (TPSA) is 16.4 Å². The number of rotatable bonds is 6. The van der Waals surface area contributed by atoms with Crippen molar-refractivity contribution in [1.29, 1.82) is 0 Å². The molecule has 2 heteroatoms. The molecule has 0 N–H and O–H groups in total. The third-order valence-corrected chi connectivity index (χ3v) is 3.48. The van der Waals surface area contributed by atoms with E-state index in [0.29, 0.717) is 0 Å². The second kappa shape index (κ2) is 5.94. The lowest BCUT2D eigenvalue weighted by Gasteiger charge is -2.21. The second-order valence-electron chi connectivity index (χ2n) is 4.65. The van der Waals surface area contributed by atoms with Gasteiger partial charge in [-0.3, -0.25) is 0 Å². The van der Waals surface area contributed by atoms with Crippen LogP contribution in [-0.2, 0) is 6.42 Å². The van der Waals surface area contributed by atoms with Crippen LogP contribution in [-0.4, -0.2) is 13.1 Å². The average molecular weight is 245 g/mol. The van der Waals surface area contributed by atoms with Crippen molar-refractivity contribution < 1.29 is 4.42 Å². The third kappa shape index (κ3) is 2.38. The number of nitrogens with zero attached hydrogens (tertiary/aromatic N) is 1. The minimum absolute atomic E-state index is 1.02. The van der Waals surface area contributed by atoms with Gasteiger partial charge in [-0.1, -0.05) is 25.5 Å². The largest absolute Gasteiger partial charge is 0.459 e. The average Bonchev–Trinajstić information content (AvgIpc) is 2.77. The first-order valence-electron chi connectivity index (χ1n) is 7.07. The van der Waals surface area contributed by atoms with Crippen LogP contribution in [0.15, 0.2) is 28.7 Å². The lowest BCUT2D eigenvalue weighted by molar-refractivity contribution is 0.535. The van der Waals surface area contributed by atoms with Gasteiger partial charge in [0.25, 0.3) is 0 Å². The van der Waals surface area contributed by atoms with E-state index in [0.717, 1.165) is 30.9 Å². The summed E-state index contributed by atoms with van der Waals surface area (Å²) in [5, 5.41) is 1.26. The van der Waals surface area contributed by atoms with Crippen molar-refractivity contribution in [1.82, 2.24) is 0 Å². The minimum atomic E-state index is 1.02. The predicted octanol–water partition coefficient (Wildman–Crippen LogP) is 4.62. The number of anilines is 1. The molecular formula is C16H23NO. The number of aryl methyl sites for hydroxylation is 1. The quantitative estimate of drug-likeness (QED) is 0.738. The lowest BCUT2D eigenvalue weighted by Crippen LogP contribution is -2.22. The summed E-state index contributed by atoms with van der Waals surface area (Å²) in [7, 11) is 0. The Kier molecular flexibility index (Phi) is 4.29. The molecule has 1 aromatic heterocycles. The Labute approximate surface area is 110 Å². The highest BCUT2D eigenvalue weighted by atomic mass is 16.3. The summed E-state index contributed by atoms with van der Waals surface area (Å²) in [5.41, 5.74) is 2.33. The molecule has 0 fully saturated rings. The first-order chi connectivity index (χ1) is 8.81. The van der Waals surface area contributed by atoms with E-state index in [1.54, 1.807) is 0 Å². The minimum Gasteiger partial charge on any atom is -0.459 e. The van der Waals surface area contributed by atoms with E-state index < -0.39 is 0 Å². The summed E-state index contributed by atoms with van der Waals surface area (Å²) in [6.45, 7) is 8.68. The van der Waals surface area contributed by atoms with Gasteiger partial charge in [0, 0.05) is 24.9 Å². The fourth-order valence-corrected chi connectivity index (χ4v) is 2.48. The Morgan fingerprint density at radius 2 is 1.78 bits per heavy atom. The van der Waals surface area contributed by atoms with Crippen LogP contribution in [0.5, 0.6) is 0 Å². The first-order valence-corrected chi connectivity index (χ1v) is 7.07. The van der Waals surface area contributed by atoms with Crippen LogP contribution in [0, 0.1) is 0 Å². The van der Waals surface area contributed by atoms with E-state index >= 15 is 0 Å². The van der Waals surface area contributed by atoms with Crippen molar-refractivity contribution in [3.63, 3.8) is 0 Å². The van der Waals surface area contributed by atoms with Crippen LogP contribution in [0.25, 0.3) is 11.0 Å². The SMILES string of the molecule is CCCCc1oc2ccccc2c1N(CC)CC. The highest BCUT2D eigenvalue weighted by molar-refractivity contribution is 5.92. The second-order valence-corrected chi connectivity index (χ2v) is 4.65. The molecule has 2 rings (SSSR count). The van der Waals surface area contributed by atoms with Crippen LogP contribution in [0.4, 0.5) is 5.69 Å².